The number of hydrogen-bond acceptors (Lipinski definition) is 5. The van der Waals surface area contributed by atoms with Crippen LogP contribution < -0.4 is 0 Å². The van der Waals surface area contributed by atoms with E-state index >= 15 is 0 Å². The van der Waals surface area contributed by atoms with E-state index in [0.29, 0.717) is 5.56 Å². The summed E-state index contributed by atoms with van der Waals surface area (Å²) in [5, 5.41) is 30.7. The van der Waals surface area contributed by atoms with E-state index < -0.39 is 24.9 Å². The molecule has 0 fully saturated rings. The van der Waals surface area contributed by atoms with Crippen molar-refractivity contribution in [3.05, 3.63) is 38.3 Å². The Bertz CT molecular complexity index is 364. The van der Waals surface area contributed by atoms with Gasteiger partial charge in [0.25, 0.3) is 0 Å². The van der Waals surface area contributed by atoms with Crippen LogP contribution in [-0.4, -0.2) is 34.1 Å². The van der Waals surface area contributed by atoms with Crippen LogP contribution in [0.5, 0.6) is 0 Å². The molecule has 17 heavy (non-hydrogen) atoms. The lowest BCUT2D eigenvalue weighted by Gasteiger charge is -2.24. The Morgan fingerprint density at radius 1 is 1.24 bits per heavy atom. The second-order valence-corrected chi connectivity index (χ2v) is 5.15. The molecule has 1 rings (SSSR count). The zero-order valence-corrected chi connectivity index (χ0v) is 11.2. The molecule has 1 unspecified atom stereocenters. The molecule has 0 aliphatic heterocycles. The number of halogens is 1. The second kappa shape index (κ2) is 6.39. The first kappa shape index (κ1) is 14.5. The molecule has 5 nitrogen and oxygen atoms in total. The highest BCUT2D eigenvalue weighted by Crippen LogP contribution is 2.26. The van der Waals surface area contributed by atoms with E-state index in [1.807, 2.05) is 12.1 Å². The van der Waals surface area contributed by atoms with Crippen molar-refractivity contribution in [1.29, 1.82) is 0 Å². The van der Waals surface area contributed by atoms with Crippen LogP contribution in [-0.2, 0) is 0 Å². The van der Waals surface area contributed by atoms with E-state index in [-0.39, 0.29) is 6.42 Å². The van der Waals surface area contributed by atoms with Gasteiger partial charge in [-0.25, -0.2) is 0 Å². The summed E-state index contributed by atoms with van der Waals surface area (Å²) in [6.45, 7) is -1.18. The first-order valence-electron chi connectivity index (χ1n) is 5.06. The number of rotatable bonds is 6. The molecular formula is C11H14INO4. The third kappa shape index (κ3) is 3.70. The summed E-state index contributed by atoms with van der Waals surface area (Å²) >= 11 is 2.14. The number of hydrogen-bond donors (Lipinski definition) is 3. The van der Waals surface area contributed by atoms with Gasteiger partial charge in [0.05, 0.1) is 19.3 Å². The Hall–Kier alpha value is -0.570. The minimum atomic E-state index is -1.53. The van der Waals surface area contributed by atoms with Gasteiger partial charge in [-0.2, -0.15) is 4.91 Å². The van der Waals surface area contributed by atoms with Crippen molar-refractivity contribution < 1.29 is 15.3 Å². The van der Waals surface area contributed by atoms with Gasteiger partial charge in [-0.15, -0.1) is 0 Å². The zero-order chi connectivity index (χ0) is 12.9. The van der Waals surface area contributed by atoms with Crippen LogP contribution in [0.1, 0.15) is 18.1 Å². The number of nitroso groups, excluding NO2 is 1. The van der Waals surface area contributed by atoms with Gasteiger partial charge in [0.1, 0.15) is 0 Å². The normalized spacial score (nSPS) is 13.4. The minimum absolute atomic E-state index is 0.107. The standard InChI is InChI=1S/C11H14INO4/c12-9-3-1-8(2-4-9)10(16)5-11(6-14,7-15)13-17/h1-4,10,14-16H,5-7H2. The summed E-state index contributed by atoms with van der Waals surface area (Å²) in [5.41, 5.74) is -0.900. The molecule has 0 saturated carbocycles. The fourth-order valence-electron chi connectivity index (χ4n) is 1.44. The first-order valence-corrected chi connectivity index (χ1v) is 6.14. The monoisotopic (exact) mass is 351 g/mol. The van der Waals surface area contributed by atoms with Crippen LogP contribution in [0, 0.1) is 8.48 Å². The molecule has 3 N–H and O–H groups in total. The van der Waals surface area contributed by atoms with E-state index in [4.69, 9.17) is 10.2 Å². The fraction of sp³-hybridized carbons (Fsp3) is 0.455. The molecule has 94 valence electrons. The Morgan fingerprint density at radius 3 is 2.18 bits per heavy atom. The van der Waals surface area contributed by atoms with Gasteiger partial charge < -0.3 is 15.3 Å². The lowest BCUT2D eigenvalue weighted by atomic mass is 9.92. The van der Waals surface area contributed by atoms with E-state index in [1.54, 1.807) is 12.1 Å². The molecule has 0 bridgehead atoms. The SMILES string of the molecule is O=NC(CO)(CO)CC(O)c1ccc(I)cc1. The second-order valence-electron chi connectivity index (χ2n) is 3.90. The average Bonchev–Trinajstić information content (AvgIpc) is 2.37. The molecule has 0 spiro atoms. The van der Waals surface area contributed by atoms with Crippen molar-refractivity contribution in [2.75, 3.05) is 13.2 Å². The number of aliphatic hydroxyl groups excluding tert-OH is 3. The maximum absolute atomic E-state index is 10.6. The summed E-state index contributed by atoms with van der Waals surface area (Å²) in [6.07, 6.45) is -1.05. The summed E-state index contributed by atoms with van der Waals surface area (Å²) in [4.78, 5) is 10.6. The van der Waals surface area contributed by atoms with Crippen molar-refractivity contribution in [1.82, 2.24) is 0 Å². The zero-order valence-electron chi connectivity index (χ0n) is 9.08. The Labute approximate surface area is 113 Å². The minimum Gasteiger partial charge on any atom is -0.394 e. The fourth-order valence-corrected chi connectivity index (χ4v) is 1.80. The molecule has 0 aromatic heterocycles. The molecule has 0 aliphatic rings. The van der Waals surface area contributed by atoms with Crippen molar-refractivity contribution in [2.24, 2.45) is 5.18 Å². The maximum Gasteiger partial charge on any atom is 0.151 e. The van der Waals surface area contributed by atoms with Crippen molar-refractivity contribution in [2.45, 2.75) is 18.1 Å². The first-order chi connectivity index (χ1) is 8.06. The van der Waals surface area contributed by atoms with Gasteiger partial charge in [-0.05, 0) is 40.3 Å². The summed E-state index contributed by atoms with van der Waals surface area (Å²) in [6, 6.07) is 7.12. The molecule has 0 aliphatic carbocycles. The molecule has 6 heteroatoms. The largest absolute Gasteiger partial charge is 0.394 e. The molecule has 0 amide bonds. The smallest absolute Gasteiger partial charge is 0.151 e. The quantitative estimate of drug-likeness (QED) is 0.531. The van der Waals surface area contributed by atoms with Crippen molar-refractivity contribution in [3.63, 3.8) is 0 Å². The predicted octanol–water partition coefficient (Wildman–Crippen LogP) is 1.20. The third-order valence-electron chi connectivity index (χ3n) is 2.61. The number of aliphatic hydroxyl groups is 3. The Kier molecular flexibility index (Phi) is 5.44. The lowest BCUT2D eigenvalue weighted by Crippen LogP contribution is -2.37. The van der Waals surface area contributed by atoms with E-state index in [0.717, 1.165) is 3.57 Å². The van der Waals surface area contributed by atoms with Gasteiger partial charge in [0.2, 0.25) is 0 Å². The predicted molar refractivity (Wildman–Crippen MR) is 71.4 cm³/mol. The van der Waals surface area contributed by atoms with Gasteiger partial charge in [0, 0.05) is 9.99 Å². The van der Waals surface area contributed by atoms with Crippen LogP contribution in [0.4, 0.5) is 0 Å². The van der Waals surface area contributed by atoms with Gasteiger partial charge in [-0.1, -0.05) is 17.3 Å². The topological polar surface area (TPSA) is 90.1 Å². The van der Waals surface area contributed by atoms with Crippen molar-refractivity contribution >= 4 is 22.6 Å². The highest BCUT2D eigenvalue weighted by Gasteiger charge is 2.33. The number of nitrogens with zero attached hydrogens (tertiary/aromatic N) is 1. The lowest BCUT2D eigenvalue weighted by molar-refractivity contribution is 0.0622. The van der Waals surface area contributed by atoms with Crippen molar-refractivity contribution in [3.8, 4) is 0 Å². The van der Waals surface area contributed by atoms with Gasteiger partial charge >= 0.3 is 0 Å². The van der Waals surface area contributed by atoms with Crippen LogP contribution in [0.3, 0.4) is 0 Å². The molecule has 1 aromatic rings. The van der Waals surface area contributed by atoms with Gasteiger partial charge in [0.15, 0.2) is 5.54 Å². The maximum atomic E-state index is 10.6. The van der Waals surface area contributed by atoms with Crippen LogP contribution in [0.25, 0.3) is 0 Å². The molecule has 0 radical (unpaired) electrons. The van der Waals surface area contributed by atoms with Gasteiger partial charge in [-0.3, -0.25) is 0 Å². The van der Waals surface area contributed by atoms with E-state index in [9.17, 15) is 10.0 Å². The molecule has 1 aromatic carbocycles. The Balaban J connectivity index is 2.80. The highest BCUT2D eigenvalue weighted by molar-refractivity contribution is 14.1. The summed E-state index contributed by atoms with van der Waals surface area (Å²) < 4.78 is 1.03. The Morgan fingerprint density at radius 2 is 1.76 bits per heavy atom. The third-order valence-corrected chi connectivity index (χ3v) is 3.33. The summed E-state index contributed by atoms with van der Waals surface area (Å²) in [5.74, 6) is 0. The molecular weight excluding hydrogens is 337 g/mol. The summed E-state index contributed by atoms with van der Waals surface area (Å²) in [7, 11) is 0. The molecule has 0 heterocycles. The number of benzene rings is 1. The van der Waals surface area contributed by atoms with E-state index in [1.165, 1.54) is 0 Å². The molecule has 0 saturated heterocycles. The van der Waals surface area contributed by atoms with E-state index in [2.05, 4.69) is 27.8 Å². The highest BCUT2D eigenvalue weighted by atomic mass is 127. The van der Waals surface area contributed by atoms with Crippen LogP contribution in [0.2, 0.25) is 0 Å². The average molecular weight is 351 g/mol. The molecule has 1 atom stereocenters. The van der Waals surface area contributed by atoms with Crippen LogP contribution >= 0.6 is 22.6 Å². The van der Waals surface area contributed by atoms with Crippen LogP contribution in [0.15, 0.2) is 29.4 Å².